The highest BCUT2D eigenvalue weighted by molar-refractivity contribution is 8.04. The fourth-order valence-electron chi connectivity index (χ4n) is 0.159. The van der Waals surface area contributed by atoms with Crippen LogP contribution in [-0.4, -0.2) is 30.0 Å². The number of hydrogen-bond acceptors (Lipinski definition) is 4. The Balaban J connectivity index is 4.46. The number of rotatable bonds is 0. The number of carboxylic acid groups (broad SMARTS) is 2. The van der Waals surface area contributed by atoms with Gasteiger partial charge in [0.15, 0.2) is 0 Å². The lowest BCUT2D eigenvalue weighted by Gasteiger charge is -1.94. The molecule has 1 amide bonds. The summed E-state index contributed by atoms with van der Waals surface area (Å²) in [5.74, 6) is 0. The zero-order valence-electron chi connectivity index (χ0n) is 4.44. The molecule has 0 saturated heterocycles. The van der Waals surface area contributed by atoms with Crippen molar-refractivity contribution >= 4 is 21.4 Å². The second-order valence-corrected chi connectivity index (χ2v) is 2.74. The Morgan fingerprint density at radius 1 is 1.20 bits per heavy atom. The lowest BCUT2D eigenvalue weighted by molar-refractivity contribution is 0.199. The SMILES string of the molecule is O=C(O)NS(=O)(=O)C(=O)O. The number of carbonyl (C=O) groups is 2. The lowest BCUT2D eigenvalue weighted by Crippen LogP contribution is -2.33. The highest BCUT2D eigenvalue weighted by Crippen LogP contribution is 1.83. The van der Waals surface area contributed by atoms with E-state index in [9.17, 15) is 18.0 Å². The smallest absolute Gasteiger partial charge is 0.442 e. The van der Waals surface area contributed by atoms with E-state index < -0.39 is 21.4 Å². The van der Waals surface area contributed by atoms with E-state index >= 15 is 0 Å². The Labute approximate surface area is 55.3 Å². The van der Waals surface area contributed by atoms with Gasteiger partial charge in [0, 0.05) is 0 Å². The Bertz CT molecular complexity index is 251. The van der Waals surface area contributed by atoms with Gasteiger partial charge < -0.3 is 10.2 Å². The minimum absolute atomic E-state index is 0.808. The van der Waals surface area contributed by atoms with Crippen LogP contribution >= 0.6 is 0 Å². The third kappa shape index (κ3) is 2.31. The topological polar surface area (TPSA) is 121 Å². The van der Waals surface area contributed by atoms with Crippen molar-refractivity contribution in [3.8, 4) is 0 Å². The molecule has 7 nitrogen and oxygen atoms in total. The highest BCUT2D eigenvalue weighted by Gasteiger charge is 2.22. The number of amides is 1. The summed E-state index contributed by atoms with van der Waals surface area (Å²) in [6.45, 7) is 0. The molecule has 0 aliphatic carbocycles. The molecule has 0 aliphatic rings. The standard InChI is InChI=1S/C2H3NO6S/c4-1(5)3-10(8,9)2(6)7/h3H,(H,4,5)(H,6,7). The van der Waals surface area contributed by atoms with Crippen LogP contribution in [0.5, 0.6) is 0 Å². The van der Waals surface area contributed by atoms with Crippen molar-refractivity contribution < 1.29 is 28.2 Å². The van der Waals surface area contributed by atoms with Crippen LogP contribution in [0.15, 0.2) is 0 Å². The van der Waals surface area contributed by atoms with Crippen LogP contribution in [0.25, 0.3) is 0 Å². The third-order valence-electron chi connectivity index (χ3n) is 0.452. The Kier molecular flexibility index (Phi) is 2.19. The van der Waals surface area contributed by atoms with Gasteiger partial charge in [-0.2, -0.15) is 8.42 Å². The van der Waals surface area contributed by atoms with Gasteiger partial charge in [-0.05, 0) is 0 Å². The summed E-state index contributed by atoms with van der Waals surface area (Å²) < 4.78 is 20.9. The van der Waals surface area contributed by atoms with Gasteiger partial charge >= 0.3 is 21.4 Å². The van der Waals surface area contributed by atoms with Gasteiger partial charge in [0.25, 0.3) is 0 Å². The van der Waals surface area contributed by atoms with Gasteiger partial charge in [-0.25, -0.2) is 14.3 Å². The zero-order chi connectivity index (χ0) is 8.36. The van der Waals surface area contributed by atoms with E-state index in [0.29, 0.717) is 0 Å². The Morgan fingerprint density at radius 3 is 1.70 bits per heavy atom. The molecular weight excluding hydrogens is 166 g/mol. The summed E-state index contributed by atoms with van der Waals surface area (Å²) in [6, 6.07) is 0. The van der Waals surface area contributed by atoms with Crippen LogP contribution in [0.3, 0.4) is 0 Å². The van der Waals surface area contributed by atoms with E-state index in [-0.39, 0.29) is 0 Å². The molecule has 0 rings (SSSR count). The molecule has 0 saturated carbocycles. The average molecular weight is 169 g/mol. The summed E-state index contributed by atoms with van der Waals surface area (Å²) in [5.41, 5.74) is 0. The van der Waals surface area contributed by atoms with Gasteiger partial charge in [0.2, 0.25) is 0 Å². The van der Waals surface area contributed by atoms with Gasteiger partial charge in [0.05, 0.1) is 0 Å². The van der Waals surface area contributed by atoms with Crippen molar-refractivity contribution in [3.05, 3.63) is 0 Å². The van der Waals surface area contributed by atoms with E-state index in [0.717, 1.165) is 4.72 Å². The van der Waals surface area contributed by atoms with E-state index in [1.807, 2.05) is 0 Å². The predicted molar refractivity (Wildman–Crippen MR) is 28.1 cm³/mol. The first-order chi connectivity index (χ1) is 4.36. The molecule has 0 unspecified atom stereocenters. The molecule has 3 N–H and O–H groups in total. The second-order valence-electron chi connectivity index (χ2n) is 1.18. The fraction of sp³-hybridized carbons (Fsp3) is 0. The monoisotopic (exact) mass is 169 g/mol. The van der Waals surface area contributed by atoms with Crippen molar-refractivity contribution in [2.45, 2.75) is 0 Å². The number of sulfonamides is 1. The minimum atomic E-state index is -4.73. The van der Waals surface area contributed by atoms with E-state index in [2.05, 4.69) is 0 Å². The highest BCUT2D eigenvalue weighted by atomic mass is 32.2. The molecule has 10 heavy (non-hydrogen) atoms. The molecule has 58 valence electrons. The van der Waals surface area contributed by atoms with Gasteiger partial charge in [-0.1, -0.05) is 0 Å². The molecule has 0 bridgehead atoms. The van der Waals surface area contributed by atoms with Crippen molar-refractivity contribution in [1.29, 1.82) is 0 Å². The molecule has 0 aromatic carbocycles. The minimum Gasteiger partial charge on any atom is -0.468 e. The molecule has 0 atom stereocenters. The molecule has 0 radical (unpaired) electrons. The Hall–Kier alpha value is -1.31. The second kappa shape index (κ2) is 2.52. The molecule has 8 heteroatoms. The van der Waals surface area contributed by atoms with Crippen LogP contribution in [0.4, 0.5) is 9.59 Å². The molecule has 0 heterocycles. The summed E-state index contributed by atoms with van der Waals surface area (Å²) in [6.07, 6.45) is -1.93. The van der Waals surface area contributed by atoms with Crippen molar-refractivity contribution in [1.82, 2.24) is 4.72 Å². The van der Waals surface area contributed by atoms with Gasteiger partial charge in [-0.15, -0.1) is 0 Å². The zero-order valence-corrected chi connectivity index (χ0v) is 5.25. The van der Waals surface area contributed by atoms with Crippen LogP contribution < -0.4 is 4.72 Å². The summed E-state index contributed by atoms with van der Waals surface area (Å²) in [5, 5.41) is 13.3. The largest absolute Gasteiger partial charge is 0.468 e. The maximum atomic E-state index is 10.0. The van der Waals surface area contributed by atoms with Crippen LogP contribution in [-0.2, 0) is 10.0 Å². The van der Waals surface area contributed by atoms with Gasteiger partial charge in [0.1, 0.15) is 0 Å². The van der Waals surface area contributed by atoms with Crippen LogP contribution in [0.2, 0.25) is 0 Å². The van der Waals surface area contributed by atoms with Crippen molar-refractivity contribution in [3.63, 3.8) is 0 Å². The lowest BCUT2D eigenvalue weighted by atomic mass is 11.3. The van der Waals surface area contributed by atoms with Crippen LogP contribution in [0.1, 0.15) is 0 Å². The first kappa shape index (κ1) is 8.69. The summed E-state index contributed by atoms with van der Waals surface area (Å²) in [4.78, 5) is 19.2. The first-order valence-corrected chi connectivity index (χ1v) is 3.33. The van der Waals surface area contributed by atoms with Crippen LogP contribution in [0, 0.1) is 0 Å². The van der Waals surface area contributed by atoms with Crippen molar-refractivity contribution in [2.75, 3.05) is 0 Å². The number of hydrogen-bond donors (Lipinski definition) is 3. The summed E-state index contributed by atoms with van der Waals surface area (Å²) in [7, 11) is -4.73. The van der Waals surface area contributed by atoms with Gasteiger partial charge in [-0.3, -0.25) is 0 Å². The number of nitrogens with one attached hydrogen (secondary N) is 1. The fourth-order valence-corrected chi connectivity index (χ4v) is 0.476. The molecule has 0 aliphatic heterocycles. The molecular formula is C2H3NO6S. The van der Waals surface area contributed by atoms with E-state index in [1.165, 1.54) is 0 Å². The van der Waals surface area contributed by atoms with E-state index in [1.54, 1.807) is 0 Å². The predicted octanol–water partition coefficient (Wildman–Crippen LogP) is -0.738. The quantitative estimate of drug-likeness (QED) is 0.439. The normalized spacial score (nSPS) is 10.4. The third-order valence-corrected chi connectivity index (χ3v) is 1.35. The summed E-state index contributed by atoms with van der Waals surface area (Å²) >= 11 is 0. The van der Waals surface area contributed by atoms with E-state index in [4.69, 9.17) is 10.2 Å². The average Bonchev–Trinajstić information content (AvgIpc) is 1.60. The Morgan fingerprint density at radius 2 is 1.60 bits per heavy atom. The molecule has 0 aromatic rings. The molecule has 0 fully saturated rings. The molecule has 0 aromatic heterocycles. The molecule has 0 spiro atoms. The first-order valence-electron chi connectivity index (χ1n) is 1.85. The van der Waals surface area contributed by atoms with Crippen molar-refractivity contribution in [2.24, 2.45) is 0 Å². The maximum absolute atomic E-state index is 10.0. The maximum Gasteiger partial charge on any atom is 0.442 e.